The number of aromatic nitrogens is 2. The zero-order chi connectivity index (χ0) is 19.3. The van der Waals surface area contributed by atoms with Crippen molar-refractivity contribution in [2.24, 2.45) is 11.7 Å². The van der Waals surface area contributed by atoms with E-state index in [2.05, 4.69) is 16.4 Å². The topological polar surface area (TPSA) is 73.1 Å². The van der Waals surface area contributed by atoms with Crippen molar-refractivity contribution in [3.05, 3.63) is 41.2 Å². The van der Waals surface area contributed by atoms with Crippen LogP contribution in [0.4, 0.5) is 5.82 Å². The van der Waals surface area contributed by atoms with Gasteiger partial charge >= 0.3 is 0 Å². The van der Waals surface area contributed by atoms with Crippen LogP contribution in [0.2, 0.25) is 5.02 Å². The SMILES string of the molecule is NC1CCC(Cc2cc(-c3cccc(NC[C@H]4CCCO4)n3)c(Cl)cn2)CC1. The fraction of sp³-hybridized carbons (Fsp3) is 0.545. The Balaban J connectivity index is 1.46. The number of rotatable bonds is 6. The number of nitrogens with zero attached hydrogens (tertiary/aromatic N) is 2. The van der Waals surface area contributed by atoms with Crippen molar-refractivity contribution in [3.63, 3.8) is 0 Å². The predicted molar refractivity (Wildman–Crippen MR) is 114 cm³/mol. The van der Waals surface area contributed by atoms with E-state index in [1.807, 2.05) is 18.2 Å². The minimum absolute atomic E-state index is 0.283. The second kappa shape index (κ2) is 9.21. The first-order valence-corrected chi connectivity index (χ1v) is 10.8. The van der Waals surface area contributed by atoms with Gasteiger partial charge in [-0.15, -0.1) is 0 Å². The summed E-state index contributed by atoms with van der Waals surface area (Å²) in [7, 11) is 0. The summed E-state index contributed by atoms with van der Waals surface area (Å²) in [6, 6.07) is 8.48. The molecular weight excluding hydrogens is 372 g/mol. The molecule has 1 aliphatic heterocycles. The first kappa shape index (κ1) is 19.6. The Hall–Kier alpha value is -1.69. The summed E-state index contributed by atoms with van der Waals surface area (Å²) in [4.78, 5) is 9.33. The molecule has 3 heterocycles. The first-order valence-electron chi connectivity index (χ1n) is 10.4. The van der Waals surface area contributed by atoms with Gasteiger partial charge in [0.25, 0.3) is 0 Å². The molecule has 1 saturated heterocycles. The first-order chi connectivity index (χ1) is 13.7. The summed E-state index contributed by atoms with van der Waals surface area (Å²) in [5, 5.41) is 4.03. The van der Waals surface area contributed by atoms with Crippen molar-refractivity contribution in [2.45, 2.75) is 57.1 Å². The molecule has 5 nitrogen and oxygen atoms in total. The molecule has 0 unspecified atom stereocenters. The zero-order valence-electron chi connectivity index (χ0n) is 16.2. The van der Waals surface area contributed by atoms with Crippen LogP contribution in [0.1, 0.15) is 44.2 Å². The average molecular weight is 401 g/mol. The van der Waals surface area contributed by atoms with Crippen LogP contribution in [-0.2, 0) is 11.2 Å². The fourth-order valence-electron chi connectivity index (χ4n) is 4.18. The van der Waals surface area contributed by atoms with Gasteiger partial charge in [-0.25, -0.2) is 4.98 Å². The van der Waals surface area contributed by atoms with E-state index < -0.39 is 0 Å². The van der Waals surface area contributed by atoms with Gasteiger partial charge in [-0.3, -0.25) is 4.98 Å². The molecule has 0 radical (unpaired) electrons. The normalized spacial score (nSPS) is 25.0. The van der Waals surface area contributed by atoms with Gasteiger partial charge in [0.2, 0.25) is 0 Å². The Bertz CT molecular complexity index is 786. The van der Waals surface area contributed by atoms with Gasteiger partial charge in [0.15, 0.2) is 0 Å². The number of halogens is 1. The molecule has 2 aliphatic rings. The van der Waals surface area contributed by atoms with E-state index in [0.29, 0.717) is 17.0 Å². The molecule has 3 N–H and O–H groups in total. The second-order valence-corrected chi connectivity index (χ2v) is 8.47. The van der Waals surface area contributed by atoms with Gasteiger partial charge in [-0.05, 0) is 69.1 Å². The lowest BCUT2D eigenvalue weighted by atomic mass is 9.83. The Morgan fingerprint density at radius 2 is 2.04 bits per heavy atom. The van der Waals surface area contributed by atoms with Gasteiger partial charge in [0.1, 0.15) is 5.82 Å². The van der Waals surface area contributed by atoms with Crippen LogP contribution < -0.4 is 11.1 Å². The minimum Gasteiger partial charge on any atom is -0.376 e. The lowest BCUT2D eigenvalue weighted by molar-refractivity contribution is 0.120. The van der Waals surface area contributed by atoms with Gasteiger partial charge in [-0.2, -0.15) is 0 Å². The van der Waals surface area contributed by atoms with E-state index >= 15 is 0 Å². The van der Waals surface area contributed by atoms with E-state index in [-0.39, 0.29) is 6.10 Å². The Morgan fingerprint density at radius 1 is 1.18 bits per heavy atom. The van der Waals surface area contributed by atoms with Crippen molar-refractivity contribution in [2.75, 3.05) is 18.5 Å². The summed E-state index contributed by atoms with van der Waals surface area (Å²) < 4.78 is 5.68. The van der Waals surface area contributed by atoms with Crippen LogP contribution in [0.25, 0.3) is 11.3 Å². The van der Waals surface area contributed by atoms with E-state index in [9.17, 15) is 0 Å². The molecule has 2 fully saturated rings. The van der Waals surface area contributed by atoms with Gasteiger partial charge in [-0.1, -0.05) is 17.7 Å². The largest absolute Gasteiger partial charge is 0.376 e. The number of pyridine rings is 2. The number of hydrogen-bond donors (Lipinski definition) is 2. The molecule has 6 heteroatoms. The summed E-state index contributed by atoms with van der Waals surface area (Å²) in [5.41, 5.74) is 8.93. The highest BCUT2D eigenvalue weighted by Crippen LogP contribution is 2.30. The summed E-state index contributed by atoms with van der Waals surface area (Å²) in [6.07, 6.45) is 9.87. The molecule has 1 aliphatic carbocycles. The Morgan fingerprint density at radius 3 is 2.82 bits per heavy atom. The quantitative estimate of drug-likeness (QED) is 0.749. The van der Waals surface area contributed by atoms with Crippen LogP contribution in [-0.4, -0.2) is 35.3 Å². The van der Waals surface area contributed by atoms with Gasteiger partial charge in [0.05, 0.1) is 16.8 Å². The molecule has 0 aromatic carbocycles. The molecule has 1 atom stereocenters. The highest BCUT2D eigenvalue weighted by Gasteiger charge is 2.20. The van der Waals surface area contributed by atoms with E-state index in [4.69, 9.17) is 27.1 Å². The third-order valence-electron chi connectivity index (χ3n) is 5.86. The molecule has 28 heavy (non-hydrogen) atoms. The fourth-order valence-corrected chi connectivity index (χ4v) is 4.39. The van der Waals surface area contributed by atoms with E-state index in [1.54, 1.807) is 6.20 Å². The molecule has 2 aromatic heterocycles. The second-order valence-electron chi connectivity index (χ2n) is 8.06. The molecule has 4 rings (SSSR count). The van der Waals surface area contributed by atoms with Crippen LogP contribution >= 0.6 is 11.6 Å². The smallest absolute Gasteiger partial charge is 0.126 e. The molecule has 1 saturated carbocycles. The Kier molecular flexibility index (Phi) is 6.45. The highest BCUT2D eigenvalue weighted by atomic mass is 35.5. The van der Waals surface area contributed by atoms with Crippen LogP contribution in [0.3, 0.4) is 0 Å². The molecular formula is C22H29ClN4O. The minimum atomic E-state index is 0.283. The van der Waals surface area contributed by atoms with Crippen molar-refractivity contribution in [1.29, 1.82) is 0 Å². The van der Waals surface area contributed by atoms with Gasteiger partial charge < -0.3 is 15.8 Å². The van der Waals surface area contributed by atoms with Gasteiger partial charge in [0, 0.05) is 36.6 Å². The van der Waals surface area contributed by atoms with Crippen molar-refractivity contribution >= 4 is 17.4 Å². The zero-order valence-corrected chi connectivity index (χ0v) is 17.0. The molecule has 2 aromatic rings. The lowest BCUT2D eigenvalue weighted by Gasteiger charge is -2.25. The standard InChI is InChI=1S/C22H29ClN4O/c23-20-14-25-17(11-15-6-8-16(24)9-7-15)12-19(20)21-4-1-5-22(27-21)26-13-18-3-2-10-28-18/h1,4-5,12,14-16,18H,2-3,6-11,13,24H2,(H,26,27)/t15?,16?,18-/m1/s1. The lowest BCUT2D eigenvalue weighted by Crippen LogP contribution is -2.27. The summed E-state index contributed by atoms with van der Waals surface area (Å²) in [6.45, 7) is 1.65. The number of hydrogen-bond acceptors (Lipinski definition) is 5. The monoisotopic (exact) mass is 400 g/mol. The predicted octanol–water partition coefficient (Wildman–Crippen LogP) is 4.45. The molecule has 0 amide bonds. The summed E-state index contributed by atoms with van der Waals surface area (Å²) >= 11 is 6.47. The number of nitrogens with two attached hydrogens (primary N) is 1. The maximum Gasteiger partial charge on any atom is 0.126 e. The number of ether oxygens (including phenoxy) is 1. The summed E-state index contributed by atoms with van der Waals surface area (Å²) in [5.74, 6) is 1.51. The van der Waals surface area contributed by atoms with Crippen molar-refractivity contribution in [1.82, 2.24) is 9.97 Å². The van der Waals surface area contributed by atoms with Crippen LogP contribution in [0.15, 0.2) is 30.5 Å². The van der Waals surface area contributed by atoms with Crippen molar-refractivity contribution < 1.29 is 4.74 Å². The third-order valence-corrected chi connectivity index (χ3v) is 6.16. The third kappa shape index (κ3) is 5.02. The van der Waals surface area contributed by atoms with E-state index in [0.717, 1.165) is 68.0 Å². The Labute approximate surface area is 172 Å². The average Bonchev–Trinajstić information content (AvgIpc) is 3.23. The highest BCUT2D eigenvalue weighted by molar-refractivity contribution is 6.33. The maximum atomic E-state index is 6.47. The molecule has 0 bridgehead atoms. The molecule has 0 spiro atoms. The number of anilines is 1. The van der Waals surface area contributed by atoms with Crippen LogP contribution in [0, 0.1) is 5.92 Å². The van der Waals surface area contributed by atoms with E-state index in [1.165, 1.54) is 12.8 Å². The van der Waals surface area contributed by atoms with Crippen molar-refractivity contribution in [3.8, 4) is 11.3 Å². The number of nitrogens with one attached hydrogen (secondary N) is 1. The van der Waals surface area contributed by atoms with Crippen LogP contribution in [0.5, 0.6) is 0 Å². The molecule has 150 valence electrons. The maximum absolute atomic E-state index is 6.47.